The summed E-state index contributed by atoms with van der Waals surface area (Å²) in [7, 11) is 0. The third-order valence-corrected chi connectivity index (χ3v) is 5.23. The van der Waals surface area contributed by atoms with Crippen LogP contribution in [-0.4, -0.2) is 21.2 Å². The Balaban J connectivity index is 1.81. The van der Waals surface area contributed by atoms with E-state index in [9.17, 15) is 5.11 Å². The lowest BCUT2D eigenvalue weighted by atomic mass is 9.87. The van der Waals surface area contributed by atoms with Gasteiger partial charge in [-0.3, -0.25) is 0 Å². The van der Waals surface area contributed by atoms with Crippen molar-refractivity contribution in [1.29, 1.82) is 0 Å². The summed E-state index contributed by atoms with van der Waals surface area (Å²) in [4.78, 5) is 0. The SMILES string of the molecule is CC1(C)SCCC1CCC1(O)CC1. The summed E-state index contributed by atoms with van der Waals surface area (Å²) in [5.74, 6) is 2.15. The predicted molar refractivity (Wildman–Crippen MR) is 58.1 cm³/mol. The minimum atomic E-state index is -0.233. The minimum absolute atomic E-state index is 0.233. The molecule has 0 spiro atoms. The molecule has 1 atom stereocenters. The molecule has 0 radical (unpaired) electrons. The summed E-state index contributed by atoms with van der Waals surface area (Å²) >= 11 is 2.10. The molecule has 1 aliphatic heterocycles. The average molecular weight is 200 g/mol. The van der Waals surface area contributed by atoms with E-state index in [0.717, 1.165) is 25.2 Å². The monoisotopic (exact) mass is 200 g/mol. The highest BCUT2D eigenvalue weighted by molar-refractivity contribution is 8.00. The molecule has 1 saturated carbocycles. The van der Waals surface area contributed by atoms with E-state index >= 15 is 0 Å². The Morgan fingerprint density at radius 2 is 2.08 bits per heavy atom. The molecule has 0 aromatic heterocycles. The van der Waals surface area contributed by atoms with Crippen molar-refractivity contribution in [2.24, 2.45) is 5.92 Å². The van der Waals surface area contributed by atoms with Crippen molar-refractivity contribution in [3.05, 3.63) is 0 Å². The van der Waals surface area contributed by atoms with Gasteiger partial charge in [-0.05, 0) is 43.8 Å². The van der Waals surface area contributed by atoms with Crippen molar-refractivity contribution >= 4 is 11.8 Å². The maximum atomic E-state index is 9.75. The Hall–Kier alpha value is 0.310. The van der Waals surface area contributed by atoms with E-state index < -0.39 is 0 Å². The molecule has 1 N–H and O–H groups in total. The highest BCUT2D eigenvalue weighted by atomic mass is 32.2. The van der Waals surface area contributed by atoms with E-state index in [0.29, 0.717) is 4.75 Å². The molecule has 2 rings (SSSR count). The van der Waals surface area contributed by atoms with Crippen LogP contribution in [0.4, 0.5) is 0 Å². The van der Waals surface area contributed by atoms with Gasteiger partial charge in [-0.2, -0.15) is 11.8 Å². The first kappa shape index (κ1) is 9.85. The molecule has 1 unspecified atom stereocenters. The van der Waals surface area contributed by atoms with Gasteiger partial charge in [0.15, 0.2) is 0 Å². The number of rotatable bonds is 3. The molecule has 1 nitrogen and oxygen atoms in total. The first-order chi connectivity index (χ1) is 6.02. The second-order valence-electron chi connectivity index (χ2n) is 5.20. The van der Waals surface area contributed by atoms with E-state index in [1.54, 1.807) is 0 Å². The second kappa shape index (κ2) is 3.16. The summed E-state index contributed by atoms with van der Waals surface area (Å²) in [6, 6.07) is 0. The van der Waals surface area contributed by atoms with Crippen molar-refractivity contribution in [3.8, 4) is 0 Å². The smallest absolute Gasteiger partial charge is 0.0650 e. The summed E-state index contributed by atoms with van der Waals surface area (Å²) in [5.41, 5.74) is -0.233. The average Bonchev–Trinajstić information content (AvgIpc) is 2.66. The number of thioether (sulfide) groups is 1. The van der Waals surface area contributed by atoms with Gasteiger partial charge in [-0.15, -0.1) is 0 Å². The van der Waals surface area contributed by atoms with Gasteiger partial charge < -0.3 is 5.11 Å². The van der Waals surface area contributed by atoms with Crippen molar-refractivity contribution in [2.45, 2.75) is 56.3 Å². The molecular weight excluding hydrogens is 180 g/mol. The van der Waals surface area contributed by atoms with Gasteiger partial charge in [-0.25, -0.2) is 0 Å². The van der Waals surface area contributed by atoms with Gasteiger partial charge in [0.05, 0.1) is 5.60 Å². The molecule has 76 valence electrons. The predicted octanol–water partition coefficient (Wildman–Crippen LogP) is 2.82. The molecule has 1 heterocycles. The Labute approximate surface area is 85.3 Å². The largest absolute Gasteiger partial charge is 0.390 e. The van der Waals surface area contributed by atoms with Crippen molar-refractivity contribution in [3.63, 3.8) is 0 Å². The van der Waals surface area contributed by atoms with Crippen molar-refractivity contribution < 1.29 is 5.11 Å². The molecule has 0 bridgehead atoms. The molecule has 2 fully saturated rings. The summed E-state index contributed by atoms with van der Waals surface area (Å²) < 4.78 is 0.464. The van der Waals surface area contributed by atoms with Crippen LogP contribution in [0.5, 0.6) is 0 Å². The maximum Gasteiger partial charge on any atom is 0.0650 e. The summed E-state index contributed by atoms with van der Waals surface area (Å²) in [5, 5.41) is 9.75. The molecule has 0 aromatic carbocycles. The van der Waals surface area contributed by atoms with E-state index in [1.807, 2.05) is 0 Å². The molecular formula is C11H20OS. The summed E-state index contributed by atoms with van der Waals surface area (Å²) in [6.07, 6.45) is 5.73. The van der Waals surface area contributed by atoms with E-state index in [1.165, 1.54) is 18.6 Å². The van der Waals surface area contributed by atoms with Gasteiger partial charge in [0, 0.05) is 4.75 Å². The van der Waals surface area contributed by atoms with Crippen LogP contribution >= 0.6 is 11.8 Å². The number of hydrogen-bond acceptors (Lipinski definition) is 2. The zero-order valence-electron chi connectivity index (χ0n) is 8.68. The lowest BCUT2D eigenvalue weighted by Crippen LogP contribution is -2.23. The lowest BCUT2D eigenvalue weighted by molar-refractivity contribution is 0.128. The molecule has 1 aliphatic carbocycles. The third-order valence-electron chi connectivity index (χ3n) is 3.71. The Morgan fingerprint density at radius 3 is 2.54 bits per heavy atom. The highest BCUT2D eigenvalue weighted by Crippen LogP contribution is 2.47. The fourth-order valence-corrected chi connectivity index (χ4v) is 3.66. The van der Waals surface area contributed by atoms with E-state index in [-0.39, 0.29) is 5.60 Å². The van der Waals surface area contributed by atoms with Crippen molar-refractivity contribution in [2.75, 3.05) is 5.75 Å². The van der Waals surface area contributed by atoms with Crippen LogP contribution in [0, 0.1) is 5.92 Å². The van der Waals surface area contributed by atoms with E-state index in [2.05, 4.69) is 25.6 Å². The fourth-order valence-electron chi connectivity index (χ4n) is 2.26. The van der Waals surface area contributed by atoms with E-state index in [4.69, 9.17) is 0 Å². The molecule has 0 amide bonds. The third kappa shape index (κ3) is 2.21. The van der Waals surface area contributed by atoms with Crippen molar-refractivity contribution in [1.82, 2.24) is 0 Å². The molecule has 2 heteroatoms. The van der Waals surface area contributed by atoms with Gasteiger partial charge >= 0.3 is 0 Å². The first-order valence-corrected chi connectivity index (χ1v) is 6.37. The molecule has 1 saturated heterocycles. The molecule has 0 aromatic rings. The zero-order chi connectivity index (χ0) is 9.53. The van der Waals surface area contributed by atoms with Crippen LogP contribution < -0.4 is 0 Å². The van der Waals surface area contributed by atoms with Gasteiger partial charge in [0.25, 0.3) is 0 Å². The number of hydrogen-bond donors (Lipinski definition) is 1. The topological polar surface area (TPSA) is 20.2 Å². The molecule has 2 aliphatic rings. The quantitative estimate of drug-likeness (QED) is 0.756. The maximum absolute atomic E-state index is 9.75. The standard InChI is InChI=1S/C11H20OS/c1-10(2)9(4-8-13-10)3-5-11(12)6-7-11/h9,12H,3-8H2,1-2H3. The highest BCUT2D eigenvalue weighted by Gasteiger charge is 2.42. The Morgan fingerprint density at radius 1 is 1.38 bits per heavy atom. The second-order valence-corrected chi connectivity index (χ2v) is 6.95. The summed E-state index contributed by atoms with van der Waals surface area (Å²) in [6.45, 7) is 4.71. The molecule has 13 heavy (non-hydrogen) atoms. The normalized spacial score (nSPS) is 34.8. The minimum Gasteiger partial charge on any atom is -0.390 e. The van der Waals surface area contributed by atoms with Crippen LogP contribution in [-0.2, 0) is 0 Å². The Kier molecular flexibility index (Phi) is 2.40. The number of aliphatic hydroxyl groups is 1. The van der Waals surface area contributed by atoms with Gasteiger partial charge in [0.2, 0.25) is 0 Å². The van der Waals surface area contributed by atoms with Crippen LogP contribution in [0.3, 0.4) is 0 Å². The van der Waals surface area contributed by atoms with Crippen LogP contribution in [0.1, 0.15) is 46.0 Å². The van der Waals surface area contributed by atoms with Crippen LogP contribution in [0.2, 0.25) is 0 Å². The van der Waals surface area contributed by atoms with Crippen LogP contribution in [0.25, 0.3) is 0 Å². The van der Waals surface area contributed by atoms with Crippen LogP contribution in [0.15, 0.2) is 0 Å². The lowest BCUT2D eigenvalue weighted by Gasteiger charge is -2.26. The zero-order valence-corrected chi connectivity index (χ0v) is 9.49. The van der Waals surface area contributed by atoms with Gasteiger partial charge in [-0.1, -0.05) is 13.8 Å². The fraction of sp³-hybridized carbons (Fsp3) is 1.00. The van der Waals surface area contributed by atoms with Gasteiger partial charge in [0.1, 0.15) is 0 Å². The Bertz CT molecular complexity index is 196. The first-order valence-electron chi connectivity index (χ1n) is 5.38.